The first-order chi connectivity index (χ1) is 9.90. The highest BCUT2D eigenvalue weighted by atomic mass is 16.4. The van der Waals surface area contributed by atoms with Crippen molar-refractivity contribution in [2.45, 2.75) is 45.6 Å². The molecule has 0 radical (unpaired) electrons. The minimum Gasteiger partial charge on any atom is -0.481 e. The smallest absolute Gasteiger partial charge is 0.315 e. The number of carboxylic acids is 1. The lowest BCUT2D eigenvalue weighted by molar-refractivity contribution is -0.142. The maximum absolute atomic E-state index is 11.7. The molecule has 0 spiro atoms. The summed E-state index contributed by atoms with van der Waals surface area (Å²) in [4.78, 5) is 34.1. The highest BCUT2D eigenvalue weighted by Crippen LogP contribution is 2.25. The van der Waals surface area contributed by atoms with E-state index in [1.807, 2.05) is 13.8 Å². The van der Waals surface area contributed by atoms with Crippen molar-refractivity contribution in [3.63, 3.8) is 0 Å². The number of carbonyl (C=O) groups excluding carboxylic acids is 2. The highest BCUT2D eigenvalue weighted by Gasteiger charge is 2.33. The first-order valence-electron chi connectivity index (χ1n) is 7.44. The SMILES string of the molecule is CC(C)CNC(=O)CCNC(=O)NC1CCCC1C(=O)O. The molecule has 1 saturated carbocycles. The lowest BCUT2D eigenvalue weighted by Crippen LogP contribution is -2.46. The van der Waals surface area contributed by atoms with Crippen molar-refractivity contribution >= 4 is 17.9 Å². The Bertz CT molecular complexity index is 384. The molecule has 0 saturated heterocycles. The molecule has 21 heavy (non-hydrogen) atoms. The molecule has 1 rings (SSSR count). The van der Waals surface area contributed by atoms with Crippen LogP contribution < -0.4 is 16.0 Å². The molecule has 7 nitrogen and oxygen atoms in total. The van der Waals surface area contributed by atoms with Crippen molar-refractivity contribution in [1.82, 2.24) is 16.0 Å². The average molecular weight is 299 g/mol. The minimum absolute atomic E-state index is 0.103. The van der Waals surface area contributed by atoms with Gasteiger partial charge in [0.1, 0.15) is 0 Å². The van der Waals surface area contributed by atoms with Crippen LogP contribution in [0.1, 0.15) is 39.5 Å². The Morgan fingerprint density at radius 1 is 1.19 bits per heavy atom. The lowest BCUT2D eigenvalue weighted by Gasteiger charge is -2.18. The lowest BCUT2D eigenvalue weighted by atomic mass is 10.0. The summed E-state index contributed by atoms with van der Waals surface area (Å²) in [6.07, 6.45) is 2.30. The van der Waals surface area contributed by atoms with Gasteiger partial charge >= 0.3 is 12.0 Å². The number of hydrogen-bond donors (Lipinski definition) is 4. The van der Waals surface area contributed by atoms with Gasteiger partial charge in [-0.15, -0.1) is 0 Å². The fraction of sp³-hybridized carbons (Fsp3) is 0.786. The van der Waals surface area contributed by atoms with Crippen LogP contribution in [0.4, 0.5) is 4.79 Å². The van der Waals surface area contributed by atoms with Gasteiger partial charge in [-0.1, -0.05) is 20.3 Å². The van der Waals surface area contributed by atoms with Gasteiger partial charge in [-0.25, -0.2) is 4.79 Å². The summed E-state index contributed by atoms with van der Waals surface area (Å²) in [6, 6.07) is -0.734. The van der Waals surface area contributed by atoms with E-state index in [0.29, 0.717) is 25.3 Å². The molecule has 0 heterocycles. The number of nitrogens with one attached hydrogen (secondary N) is 3. The fourth-order valence-electron chi connectivity index (χ4n) is 2.34. The van der Waals surface area contributed by atoms with Gasteiger partial charge in [-0.05, 0) is 18.8 Å². The highest BCUT2D eigenvalue weighted by molar-refractivity contribution is 5.79. The van der Waals surface area contributed by atoms with Crippen LogP contribution in [0.3, 0.4) is 0 Å². The average Bonchev–Trinajstić information content (AvgIpc) is 2.84. The zero-order valence-electron chi connectivity index (χ0n) is 12.6. The van der Waals surface area contributed by atoms with Crippen LogP contribution in [0.25, 0.3) is 0 Å². The Balaban J connectivity index is 2.19. The summed E-state index contributed by atoms with van der Waals surface area (Å²) in [5.74, 6) is -1.09. The summed E-state index contributed by atoms with van der Waals surface area (Å²) in [7, 11) is 0. The van der Waals surface area contributed by atoms with Crippen LogP contribution in [0, 0.1) is 11.8 Å². The Morgan fingerprint density at radius 3 is 2.52 bits per heavy atom. The predicted molar refractivity (Wildman–Crippen MR) is 77.8 cm³/mol. The van der Waals surface area contributed by atoms with Crippen LogP contribution in [0.2, 0.25) is 0 Å². The molecule has 7 heteroatoms. The molecule has 0 aromatic rings. The van der Waals surface area contributed by atoms with E-state index < -0.39 is 17.9 Å². The van der Waals surface area contributed by atoms with Crippen molar-refractivity contribution in [1.29, 1.82) is 0 Å². The second kappa shape index (κ2) is 8.49. The number of carbonyl (C=O) groups is 3. The van der Waals surface area contributed by atoms with Gasteiger partial charge in [0.2, 0.25) is 5.91 Å². The third kappa shape index (κ3) is 6.46. The molecule has 0 aromatic heterocycles. The van der Waals surface area contributed by atoms with Crippen molar-refractivity contribution in [2.75, 3.05) is 13.1 Å². The Morgan fingerprint density at radius 2 is 1.90 bits per heavy atom. The Labute approximate surface area is 124 Å². The quantitative estimate of drug-likeness (QED) is 0.555. The first kappa shape index (κ1) is 17.3. The number of aliphatic carboxylic acids is 1. The normalized spacial score (nSPS) is 21.1. The molecule has 2 atom stereocenters. The first-order valence-corrected chi connectivity index (χ1v) is 7.44. The second-order valence-corrected chi connectivity index (χ2v) is 5.83. The molecule has 3 amide bonds. The molecule has 1 aliphatic carbocycles. The van der Waals surface area contributed by atoms with Crippen LogP contribution in [0.5, 0.6) is 0 Å². The molecule has 0 aromatic carbocycles. The molecular formula is C14H25N3O4. The van der Waals surface area contributed by atoms with Gasteiger partial charge in [-0.2, -0.15) is 0 Å². The monoisotopic (exact) mass is 299 g/mol. The van der Waals surface area contributed by atoms with E-state index in [2.05, 4.69) is 16.0 Å². The number of carboxylic acid groups (broad SMARTS) is 1. The minimum atomic E-state index is -0.870. The maximum atomic E-state index is 11.7. The third-order valence-electron chi connectivity index (χ3n) is 3.49. The molecule has 4 N–H and O–H groups in total. The fourth-order valence-corrected chi connectivity index (χ4v) is 2.34. The van der Waals surface area contributed by atoms with Crippen LogP contribution >= 0.6 is 0 Å². The zero-order valence-corrected chi connectivity index (χ0v) is 12.6. The van der Waals surface area contributed by atoms with E-state index in [1.54, 1.807) is 0 Å². The van der Waals surface area contributed by atoms with Gasteiger partial charge < -0.3 is 21.1 Å². The summed E-state index contributed by atoms with van der Waals surface area (Å²) >= 11 is 0. The zero-order chi connectivity index (χ0) is 15.8. The summed E-state index contributed by atoms with van der Waals surface area (Å²) in [5, 5.41) is 17.0. The van der Waals surface area contributed by atoms with E-state index in [0.717, 1.165) is 6.42 Å². The second-order valence-electron chi connectivity index (χ2n) is 5.83. The number of urea groups is 1. The summed E-state index contributed by atoms with van der Waals surface area (Å²) < 4.78 is 0. The molecule has 0 bridgehead atoms. The van der Waals surface area contributed by atoms with E-state index in [1.165, 1.54) is 0 Å². The Hall–Kier alpha value is -1.79. The van der Waals surface area contributed by atoms with E-state index >= 15 is 0 Å². The van der Waals surface area contributed by atoms with Gasteiger partial charge in [0.05, 0.1) is 5.92 Å². The number of rotatable bonds is 7. The maximum Gasteiger partial charge on any atom is 0.315 e. The molecule has 1 fully saturated rings. The standard InChI is InChI=1S/C14H25N3O4/c1-9(2)8-16-12(18)6-7-15-14(21)17-11-5-3-4-10(11)13(19)20/h9-11H,3-8H2,1-2H3,(H,16,18)(H,19,20)(H2,15,17,21). The van der Waals surface area contributed by atoms with Gasteiger partial charge in [0.25, 0.3) is 0 Å². The van der Waals surface area contributed by atoms with Crippen LogP contribution in [-0.2, 0) is 9.59 Å². The van der Waals surface area contributed by atoms with E-state index in [9.17, 15) is 14.4 Å². The topological polar surface area (TPSA) is 108 Å². The summed E-state index contributed by atoms with van der Waals surface area (Å²) in [5.41, 5.74) is 0. The predicted octanol–water partition coefficient (Wildman–Crippen LogP) is 0.701. The molecule has 1 aliphatic rings. The Kier molecular flexibility index (Phi) is 6.98. The molecular weight excluding hydrogens is 274 g/mol. The van der Waals surface area contributed by atoms with Gasteiger partial charge in [-0.3, -0.25) is 9.59 Å². The number of amides is 3. The molecule has 120 valence electrons. The van der Waals surface area contributed by atoms with Gasteiger partial charge in [0, 0.05) is 25.6 Å². The molecule has 0 aliphatic heterocycles. The summed E-state index contributed by atoms with van der Waals surface area (Å²) in [6.45, 7) is 4.87. The largest absolute Gasteiger partial charge is 0.481 e. The van der Waals surface area contributed by atoms with Crippen LogP contribution in [-0.4, -0.2) is 42.1 Å². The third-order valence-corrected chi connectivity index (χ3v) is 3.49. The van der Waals surface area contributed by atoms with Crippen molar-refractivity contribution in [3.05, 3.63) is 0 Å². The molecule has 2 unspecified atom stereocenters. The van der Waals surface area contributed by atoms with Crippen molar-refractivity contribution < 1.29 is 19.5 Å². The van der Waals surface area contributed by atoms with E-state index in [4.69, 9.17) is 5.11 Å². The number of hydrogen-bond acceptors (Lipinski definition) is 3. The van der Waals surface area contributed by atoms with Crippen LogP contribution in [0.15, 0.2) is 0 Å². The van der Waals surface area contributed by atoms with E-state index in [-0.39, 0.29) is 24.9 Å². The van der Waals surface area contributed by atoms with Crippen molar-refractivity contribution in [2.24, 2.45) is 11.8 Å². The van der Waals surface area contributed by atoms with Gasteiger partial charge in [0.15, 0.2) is 0 Å². The van der Waals surface area contributed by atoms with Crippen molar-refractivity contribution in [3.8, 4) is 0 Å².